The van der Waals surface area contributed by atoms with Gasteiger partial charge in [0.1, 0.15) is 12.4 Å². The van der Waals surface area contributed by atoms with Crippen LogP contribution in [0, 0.1) is 0 Å². The van der Waals surface area contributed by atoms with E-state index >= 15 is 0 Å². The van der Waals surface area contributed by atoms with Gasteiger partial charge in [-0.25, -0.2) is 0 Å². The van der Waals surface area contributed by atoms with E-state index in [-0.39, 0.29) is 12.6 Å². The molecule has 0 aliphatic heterocycles. The third-order valence-electron chi connectivity index (χ3n) is 1.96. The number of primary amides is 1. The van der Waals surface area contributed by atoms with Crippen LogP contribution in [-0.4, -0.2) is 25.7 Å². The predicted molar refractivity (Wildman–Crippen MR) is 62.8 cm³/mol. The van der Waals surface area contributed by atoms with Crippen LogP contribution in [0.3, 0.4) is 0 Å². The molecule has 5 nitrogen and oxygen atoms in total. The molecule has 1 aromatic rings. The summed E-state index contributed by atoms with van der Waals surface area (Å²) in [5, 5.41) is 3.19. The van der Waals surface area contributed by atoms with Crippen molar-refractivity contribution in [2.24, 2.45) is 5.73 Å². The molecule has 1 heterocycles. The Kier molecular flexibility index (Phi) is 5.51. The second-order valence-electron chi connectivity index (χ2n) is 3.34. The van der Waals surface area contributed by atoms with Crippen LogP contribution in [0.1, 0.15) is 18.7 Å². The van der Waals surface area contributed by atoms with Gasteiger partial charge in [0.15, 0.2) is 4.67 Å². The van der Waals surface area contributed by atoms with Crippen LogP contribution in [0.4, 0.5) is 0 Å². The van der Waals surface area contributed by atoms with Crippen molar-refractivity contribution in [2.45, 2.75) is 13.0 Å². The molecule has 0 saturated carbocycles. The Morgan fingerprint density at radius 3 is 3.00 bits per heavy atom. The lowest BCUT2D eigenvalue weighted by atomic mass is 10.2. The summed E-state index contributed by atoms with van der Waals surface area (Å²) < 4.78 is 11.1. The lowest BCUT2D eigenvalue weighted by molar-refractivity contribution is -0.122. The van der Waals surface area contributed by atoms with E-state index in [1.807, 2.05) is 19.1 Å². The highest BCUT2D eigenvalue weighted by Crippen LogP contribution is 2.19. The lowest BCUT2D eigenvalue weighted by Crippen LogP contribution is -2.25. The summed E-state index contributed by atoms with van der Waals surface area (Å²) in [6.45, 7) is 3.02. The van der Waals surface area contributed by atoms with E-state index in [0.717, 1.165) is 5.76 Å². The maximum Gasteiger partial charge on any atom is 0.243 e. The van der Waals surface area contributed by atoms with Gasteiger partial charge in [0.25, 0.3) is 0 Å². The Balaban J connectivity index is 2.15. The summed E-state index contributed by atoms with van der Waals surface area (Å²) in [6, 6.07) is 3.84. The monoisotopic (exact) mass is 290 g/mol. The maximum atomic E-state index is 10.4. The fraction of sp³-hybridized carbons (Fsp3) is 0.500. The Hall–Kier alpha value is -0.850. The van der Waals surface area contributed by atoms with Gasteiger partial charge < -0.3 is 20.2 Å². The Morgan fingerprint density at radius 1 is 1.69 bits per heavy atom. The first-order valence-corrected chi connectivity index (χ1v) is 5.73. The topological polar surface area (TPSA) is 77.5 Å². The van der Waals surface area contributed by atoms with Gasteiger partial charge in [-0.3, -0.25) is 4.79 Å². The highest BCUT2D eigenvalue weighted by Gasteiger charge is 2.08. The number of ether oxygens (including phenoxy) is 1. The summed E-state index contributed by atoms with van der Waals surface area (Å²) in [6.07, 6.45) is 0. The van der Waals surface area contributed by atoms with E-state index in [4.69, 9.17) is 14.9 Å². The van der Waals surface area contributed by atoms with Crippen molar-refractivity contribution >= 4 is 21.8 Å². The zero-order valence-corrected chi connectivity index (χ0v) is 10.6. The summed E-state index contributed by atoms with van der Waals surface area (Å²) in [7, 11) is 0. The van der Waals surface area contributed by atoms with Crippen LogP contribution < -0.4 is 11.1 Å². The molecule has 0 bridgehead atoms. The summed E-state index contributed by atoms with van der Waals surface area (Å²) >= 11 is 3.24. The molecule has 0 radical (unpaired) electrons. The van der Waals surface area contributed by atoms with Crippen LogP contribution in [0.5, 0.6) is 0 Å². The Bertz CT molecular complexity index is 341. The van der Waals surface area contributed by atoms with E-state index in [1.165, 1.54) is 0 Å². The highest BCUT2D eigenvalue weighted by molar-refractivity contribution is 9.10. The number of carbonyl (C=O) groups is 1. The number of nitrogens with one attached hydrogen (secondary N) is 1. The molecule has 0 fully saturated rings. The molecule has 1 amide bonds. The van der Waals surface area contributed by atoms with Crippen LogP contribution in [0.15, 0.2) is 21.2 Å². The van der Waals surface area contributed by atoms with Crippen molar-refractivity contribution in [1.29, 1.82) is 0 Å². The second kappa shape index (κ2) is 6.67. The van der Waals surface area contributed by atoms with Gasteiger partial charge in [-0.05, 0) is 35.0 Å². The third kappa shape index (κ3) is 4.78. The lowest BCUT2D eigenvalue weighted by Gasteiger charge is -2.10. The van der Waals surface area contributed by atoms with E-state index in [1.54, 1.807) is 0 Å². The first-order valence-electron chi connectivity index (χ1n) is 4.94. The van der Waals surface area contributed by atoms with Crippen molar-refractivity contribution in [3.63, 3.8) is 0 Å². The van der Waals surface area contributed by atoms with Crippen LogP contribution in [-0.2, 0) is 9.53 Å². The summed E-state index contributed by atoms with van der Waals surface area (Å²) in [5.74, 6) is 0.393. The molecule has 1 rings (SSSR count). The molecule has 0 spiro atoms. The summed E-state index contributed by atoms with van der Waals surface area (Å²) in [4.78, 5) is 10.4. The Labute approximate surface area is 102 Å². The zero-order chi connectivity index (χ0) is 12.0. The molecule has 0 aliphatic carbocycles. The van der Waals surface area contributed by atoms with Gasteiger partial charge in [-0.15, -0.1) is 0 Å². The van der Waals surface area contributed by atoms with Crippen LogP contribution in [0.2, 0.25) is 0 Å². The molecule has 1 aromatic heterocycles. The largest absolute Gasteiger partial charge is 0.453 e. The molecule has 0 saturated heterocycles. The van der Waals surface area contributed by atoms with Gasteiger partial charge >= 0.3 is 0 Å². The number of furan rings is 1. The normalized spacial score (nSPS) is 12.6. The maximum absolute atomic E-state index is 10.4. The molecule has 1 atom stereocenters. The molecule has 1 unspecified atom stereocenters. The molecular formula is C10H15BrN2O3. The smallest absolute Gasteiger partial charge is 0.243 e. The second-order valence-corrected chi connectivity index (χ2v) is 4.12. The number of hydrogen-bond acceptors (Lipinski definition) is 4. The average molecular weight is 291 g/mol. The van der Waals surface area contributed by atoms with Gasteiger partial charge in [-0.1, -0.05) is 0 Å². The standard InChI is InChI=1S/C10H15BrN2O3/c1-7(8-2-3-9(11)16-8)13-4-5-15-6-10(12)14/h2-3,7,13H,4-6H2,1H3,(H2,12,14). The van der Waals surface area contributed by atoms with Crippen molar-refractivity contribution in [2.75, 3.05) is 19.8 Å². The first kappa shape index (κ1) is 13.2. The minimum atomic E-state index is -0.456. The fourth-order valence-electron chi connectivity index (χ4n) is 1.18. The van der Waals surface area contributed by atoms with E-state index in [9.17, 15) is 4.79 Å². The zero-order valence-electron chi connectivity index (χ0n) is 9.03. The SMILES string of the molecule is CC(NCCOCC(N)=O)c1ccc(Br)o1. The van der Waals surface area contributed by atoms with Crippen molar-refractivity contribution < 1.29 is 13.9 Å². The average Bonchev–Trinajstić information content (AvgIpc) is 2.63. The van der Waals surface area contributed by atoms with E-state index < -0.39 is 5.91 Å². The minimum Gasteiger partial charge on any atom is -0.453 e. The van der Waals surface area contributed by atoms with Crippen molar-refractivity contribution in [1.82, 2.24) is 5.32 Å². The van der Waals surface area contributed by atoms with Crippen molar-refractivity contribution in [3.8, 4) is 0 Å². The molecule has 90 valence electrons. The molecule has 0 aliphatic rings. The number of halogens is 1. The number of amides is 1. The number of rotatable bonds is 7. The molecule has 3 N–H and O–H groups in total. The number of carbonyl (C=O) groups excluding carboxylic acids is 1. The van der Waals surface area contributed by atoms with Gasteiger partial charge in [0.2, 0.25) is 5.91 Å². The quantitative estimate of drug-likeness (QED) is 0.740. The molecule has 6 heteroatoms. The number of hydrogen-bond donors (Lipinski definition) is 2. The van der Waals surface area contributed by atoms with E-state index in [0.29, 0.717) is 17.8 Å². The molecule has 0 aromatic carbocycles. The van der Waals surface area contributed by atoms with E-state index in [2.05, 4.69) is 21.2 Å². The first-order chi connectivity index (χ1) is 7.59. The van der Waals surface area contributed by atoms with Crippen LogP contribution >= 0.6 is 15.9 Å². The minimum absolute atomic E-state index is 0.0393. The van der Waals surface area contributed by atoms with Gasteiger partial charge in [-0.2, -0.15) is 0 Å². The van der Waals surface area contributed by atoms with Crippen molar-refractivity contribution in [3.05, 3.63) is 22.6 Å². The predicted octanol–water partition coefficient (Wildman–Crippen LogP) is 1.19. The Morgan fingerprint density at radius 2 is 2.44 bits per heavy atom. The van der Waals surface area contributed by atoms with Gasteiger partial charge in [0, 0.05) is 6.54 Å². The molecule has 16 heavy (non-hydrogen) atoms. The molecular weight excluding hydrogens is 276 g/mol. The number of nitrogens with two attached hydrogens (primary N) is 1. The third-order valence-corrected chi connectivity index (χ3v) is 2.39. The van der Waals surface area contributed by atoms with Crippen LogP contribution in [0.25, 0.3) is 0 Å². The van der Waals surface area contributed by atoms with Gasteiger partial charge in [0.05, 0.1) is 12.6 Å². The fourth-order valence-corrected chi connectivity index (χ4v) is 1.50. The summed E-state index contributed by atoms with van der Waals surface area (Å²) in [5.41, 5.74) is 4.92. The highest BCUT2D eigenvalue weighted by atomic mass is 79.9.